The molecule has 22 heavy (non-hydrogen) atoms. The number of carbonyl (C=O) groups excluding carboxylic acids is 1. The van der Waals surface area contributed by atoms with Gasteiger partial charge in [-0.25, -0.2) is 5.01 Å². The van der Waals surface area contributed by atoms with Crippen LogP contribution in [0.1, 0.15) is 30.5 Å². The number of methoxy groups -OCH3 is 1. The van der Waals surface area contributed by atoms with Gasteiger partial charge in [0, 0.05) is 18.9 Å². The van der Waals surface area contributed by atoms with Crippen LogP contribution in [-0.4, -0.2) is 28.8 Å². The van der Waals surface area contributed by atoms with E-state index in [2.05, 4.69) is 5.10 Å². The zero-order valence-electron chi connectivity index (χ0n) is 12.3. The van der Waals surface area contributed by atoms with E-state index in [1.807, 2.05) is 22.9 Å². The largest absolute Gasteiger partial charge is 0.504 e. The van der Waals surface area contributed by atoms with E-state index in [0.29, 0.717) is 12.2 Å². The number of carbonyl (C=O) groups is 1. The molecule has 2 heterocycles. The molecule has 1 amide bonds. The molecule has 0 bridgehead atoms. The van der Waals surface area contributed by atoms with E-state index in [9.17, 15) is 9.90 Å². The van der Waals surface area contributed by atoms with Gasteiger partial charge in [-0.3, -0.25) is 4.79 Å². The van der Waals surface area contributed by atoms with E-state index in [-0.39, 0.29) is 17.7 Å². The lowest BCUT2D eigenvalue weighted by Gasteiger charge is -2.21. The normalized spacial score (nSPS) is 17.5. The monoisotopic (exact) mass is 316 g/mol. The first kappa shape index (κ1) is 14.6. The van der Waals surface area contributed by atoms with Gasteiger partial charge in [0.2, 0.25) is 5.91 Å². The second kappa shape index (κ2) is 5.81. The molecule has 1 aliphatic heterocycles. The van der Waals surface area contributed by atoms with E-state index in [1.165, 1.54) is 19.0 Å². The summed E-state index contributed by atoms with van der Waals surface area (Å²) >= 11 is 1.60. The van der Waals surface area contributed by atoms with E-state index >= 15 is 0 Å². The van der Waals surface area contributed by atoms with Crippen LogP contribution < -0.4 is 4.74 Å². The molecule has 0 saturated heterocycles. The summed E-state index contributed by atoms with van der Waals surface area (Å²) in [5.41, 5.74) is 2.76. The first-order chi connectivity index (χ1) is 10.6. The Kier molecular flexibility index (Phi) is 3.85. The van der Waals surface area contributed by atoms with Gasteiger partial charge in [-0.05, 0) is 34.5 Å². The molecule has 1 unspecified atom stereocenters. The zero-order chi connectivity index (χ0) is 15.7. The lowest BCUT2D eigenvalue weighted by molar-refractivity contribution is -0.130. The number of rotatable bonds is 3. The number of aromatic hydroxyl groups is 1. The standard InChI is InChI=1S/C16H16N2O3S/c1-10(19)18-14(8-13(17-18)12-5-6-22-9-12)11-3-4-16(21-2)15(20)7-11/h3-7,9,14,20H,8H2,1-2H3. The molecule has 114 valence electrons. The Morgan fingerprint density at radius 1 is 1.45 bits per heavy atom. The van der Waals surface area contributed by atoms with Gasteiger partial charge in [0.15, 0.2) is 11.5 Å². The maximum absolute atomic E-state index is 11.9. The lowest BCUT2D eigenvalue weighted by atomic mass is 9.99. The van der Waals surface area contributed by atoms with Crippen molar-refractivity contribution in [3.8, 4) is 11.5 Å². The number of nitrogens with zero attached hydrogens (tertiary/aromatic N) is 2. The molecule has 0 saturated carbocycles. The molecule has 5 nitrogen and oxygen atoms in total. The molecule has 1 atom stereocenters. The van der Waals surface area contributed by atoms with Crippen molar-refractivity contribution in [2.24, 2.45) is 5.10 Å². The first-order valence-electron chi connectivity index (χ1n) is 6.87. The smallest absolute Gasteiger partial charge is 0.240 e. The van der Waals surface area contributed by atoms with Crippen LogP contribution in [0.15, 0.2) is 40.1 Å². The van der Waals surface area contributed by atoms with Crippen molar-refractivity contribution in [2.45, 2.75) is 19.4 Å². The van der Waals surface area contributed by atoms with Crippen molar-refractivity contribution in [3.63, 3.8) is 0 Å². The Hall–Kier alpha value is -2.34. The second-order valence-corrected chi connectivity index (χ2v) is 5.85. The Morgan fingerprint density at radius 2 is 2.27 bits per heavy atom. The summed E-state index contributed by atoms with van der Waals surface area (Å²) in [6, 6.07) is 6.97. The first-order valence-corrected chi connectivity index (χ1v) is 7.81. The quantitative estimate of drug-likeness (QED) is 0.946. The molecule has 6 heteroatoms. The van der Waals surface area contributed by atoms with E-state index in [4.69, 9.17) is 4.74 Å². The third kappa shape index (κ3) is 2.57. The van der Waals surface area contributed by atoms with Crippen molar-refractivity contribution in [1.29, 1.82) is 0 Å². The van der Waals surface area contributed by atoms with E-state index < -0.39 is 0 Å². The van der Waals surface area contributed by atoms with Crippen LogP contribution in [0, 0.1) is 0 Å². The minimum Gasteiger partial charge on any atom is -0.504 e. The molecule has 1 aliphatic rings. The fourth-order valence-corrected chi connectivity index (χ4v) is 3.24. The van der Waals surface area contributed by atoms with Crippen molar-refractivity contribution in [1.82, 2.24) is 5.01 Å². The van der Waals surface area contributed by atoms with Crippen LogP contribution in [0.5, 0.6) is 11.5 Å². The fourth-order valence-electron chi connectivity index (χ4n) is 2.58. The minimum atomic E-state index is -0.204. The van der Waals surface area contributed by atoms with Gasteiger partial charge in [0.05, 0.1) is 18.9 Å². The zero-order valence-corrected chi connectivity index (χ0v) is 13.1. The van der Waals surface area contributed by atoms with Crippen LogP contribution in [0.2, 0.25) is 0 Å². The molecule has 2 aromatic rings. The summed E-state index contributed by atoms with van der Waals surface area (Å²) in [4.78, 5) is 11.9. The summed E-state index contributed by atoms with van der Waals surface area (Å²) in [7, 11) is 1.50. The molecule has 1 aromatic carbocycles. The summed E-state index contributed by atoms with van der Waals surface area (Å²) in [6.45, 7) is 1.50. The Morgan fingerprint density at radius 3 is 2.86 bits per heavy atom. The molecular formula is C16H16N2O3S. The second-order valence-electron chi connectivity index (χ2n) is 5.07. The average Bonchev–Trinajstić information content (AvgIpc) is 3.16. The van der Waals surface area contributed by atoms with Gasteiger partial charge in [0.25, 0.3) is 0 Å². The number of amides is 1. The van der Waals surface area contributed by atoms with E-state index in [0.717, 1.165) is 16.8 Å². The molecule has 1 aromatic heterocycles. The number of phenols is 1. The highest BCUT2D eigenvalue weighted by molar-refractivity contribution is 7.08. The SMILES string of the molecule is COc1ccc(C2CC(c3ccsc3)=NN2C(C)=O)cc1O. The predicted octanol–water partition coefficient (Wildman–Crippen LogP) is 3.16. The minimum absolute atomic E-state index is 0.0625. The van der Waals surface area contributed by atoms with Gasteiger partial charge < -0.3 is 9.84 Å². The highest BCUT2D eigenvalue weighted by atomic mass is 32.1. The highest BCUT2D eigenvalue weighted by Crippen LogP contribution is 2.36. The van der Waals surface area contributed by atoms with Gasteiger partial charge >= 0.3 is 0 Å². The number of phenolic OH excluding ortho intramolecular Hbond substituents is 1. The van der Waals surface area contributed by atoms with Crippen LogP contribution in [-0.2, 0) is 4.79 Å². The average molecular weight is 316 g/mol. The molecule has 0 radical (unpaired) electrons. The maximum Gasteiger partial charge on any atom is 0.240 e. The van der Waals surface area contributed by atoms with Crippen LogP contribution in [0.3, 0.4) is 0 Å². The number of benzene rings is 1. The van der Waals surface area contributed by atoms with Crippen LogP contribution >= 0.6 is 11.3 Å². The summed E-state index contributed by atoms with van der Waals surface area (Å²) in [6.07, 6.45) is 0.627. The fraction of sp³-hybridized carbons (Fsp3) is 0.250. The van der Waals surface area contributed by atoms with Crippen LogP contribution in [0.25, 0.3) is 0 Å². The van der Waals surface area contributed by atoms with Gasteiger partial charge in [-0.2, -0.15) is 16.4 Å². The molecular weight excluding hydrogens is 300 g/mol. The third-order valence-electron chi connectivity index (χ3n) is 3.68. The number of hydrogen-bond donors (Lipinski definition) is 1. The summed E-state index contributed by atoms with van der Waals surface area (Å²) in [5, 5.41) is 19.9. The molecule has 1 N–H and O–H groups in total. The Balaban J connectivity index is 1.94. The molecule has 0 spiro atoms. The number of hydrazone groups is 1. The summed E-state index contributed by atoms with van der Waals surface area (Å²) in [5.74, 6) is 0.355. The topological polar surface area (TPSA) is 62.1 Å². The predicted molar refractivity (Wildman–Crippen MR) is 85.4 cm³/mol. The number of thiophene rings is 1. The number of ether oxygens (including phenoxy) is 1. The van der Waals surface area contributed by atoms with Crippen molar-refractivity contribution in [3.05, 3.63) is 46.2 Å². The Bertz CT molecular complexity index is 725. The maximum atomic E-state index is 11.9. The van der Waals surface area contributed by atoms with Gasteiger partial charge in [-0.1, -0.05) is 6.07 Å². The van der Waals surface area contributed by atoms with E-state index in [1.54, 1.807) is 23.5 Å². The van der Waals surface area contributed by atoms with Gasteiger partial charge in [0.1, 0.15) is 0 Å². The lowest BCUT2D eigenvalue weighted by Crippen LogP contribution is -2.24. The van der Waals surface area contributed by atoms with Crippen molar-refractivity contribution >= 4 is 23.0 Å². The molecule has 3 rings (SSSR count). The highest BCUT2D eigenvalue weighted by Gasteiger charge is 2.31. The third-order valence-corrected chi connectivity index (χ3v) is 4.36. The van der Waals surface area contributed by atoms with Crippen molar-refractivity contribution in [2.75, 3.05) is 7.11 Å². The van der Waals surface area contributed by atoms with Gasteiger partial charge in [-0.15, -0.1) is 0 Å². The number of hydrogen-bond acceptors (Lipinski definition) is 5. The molecule has 0 fully saturated rings. The Labute approximate surface area is 132 Å². The van der Waals surface area contributed by atoms with Crippen LogP contribution in [0.4, 0.5) is 0 Å². The summed E-state index contributed by atoms with van der Waals surface area (Å²) < 4.78 is 5.06. The van der Waals surface area contributed by atoms with Crippen molar-refractivity contribution < 1.29 is 14.6 Å². The molecule has 0 aliphatic carbocycles.